The minimum atomic E-state index is -4.15. The summed E-state index contributed by atoms with van der Waals surface area (Å²) in [5, 5.41) is 0. The Balaban J connectivity index is 1.99. The van der Waals surface area contributed by atoms with Crippen molar-refractivity contribution in [3.8, 4) is 0 Å². The van der Waals surface area contributed by atoms with Gasteiger partial charge in [-0.05, 0) is 44.9 Å². The quantitative estimate of drug-likeness (QED) is 0.547. The van der Waals surface area contributed by atoms with Crippen LogP contribution in [0.25, 0.3) is 0 Å². The van der Waals surface area contributed by atoms with Crippen LogP contribution in [0.2, 0.25) is 0 Å². The normalized spacial score (nSPS) is 16.9. The number of hydrogen-bond acceptors (Lipinski definition) is 5. The summed E-state index contributed by atoms with van der Waals surface area (Å²) >= 11 is 0. The molecule has 1 N–H and O–H groups in total. The lowest BCUT2D eigenvalue weighted by molar-refractivity contribution is 0.0946. The van der Waals surface area contributed by atoms with Crippen molar-refractivity contribution in [3.63, 3.8) is 0 Å². The molecule has 1 aromatic rings. The number of hydrogen-bond donors (Lipinski definition) is 1. The van der Waals surface area contributed by atoms with Crippen LogP contribution in [-0.2, 0) is 10.0 Å². The number of sulfonamides is 1. The molecule has 1 aromatic carbocycles. The fourth-order valence-electron chi connectivity index (χ4n) is 4.30. The number of fused-ring (bicyclic) bond motifs is 1. The van der Waals surface area contributed by atoms with E-state index in [2.05, 4.69) is 10.8 Å². The highest BCUT2D eigenvalue weighted by Crippen LogP contribution is 2.31. The smallest absolute Gasteiger partial charge is 0.246 e. The highest BCUT2D eigenvalue weighted by atomic mass is 32.2. The molecule has 0 radical (unpaired) electrons. The van der Waals surface area contributed by atoms with Crippen LogP contribution in [0.1, 0.15) is 79.5 Å². The molecule has 0 unspecified atom stereocenters. The van der Waals surface area contributed by atoms with Crippen molar-refractivity contribution in [1.29, 1.82) is 0 Å². The molecule has 0 spiro atoms. The first-order valence-electron chi connectivity index (χ1n) is 11.3. The molecule has 6 nitrogen and oxygen atoms in total. The van der Waals surface area contributed by atoms with Gasteiger partial charge in [-0.1, -0.05) is 49.8 Å². The molecule has 2 aliphatic carbocycles. The number of benzene rings is 1. The molecule has 0 saturated heterocycles. The van der Waals surface area contributed by atoms with Crippen molar-refractivity contribution in [2.24, 2.45) is 0 Å². The van der Waals surface area contributed by atoms with E-state index < -0.39 is 26.5 Å². The third-order valence-corrected chi connectivity index (χ3v) is 7.25. The van der Waals surface area contributed by atoms with Crippen LogP contribution in [-0.4, -0.2) is 44.5 Å². The number of carbonyl (C=O) groups is 2. The van der Waals surface area contributed by atoms with E-state index in [1.165, 1.54) is 18.1 Å². The van der Waals surface area contributed by atoms with Gasteiger partial charge in [-0.3, -0.25) is 9.59 Å². The van der Waals surface area contributed by atoms with Gasteiger partial charge in [0.2, 0.25) is 21.6 Å². The summed E-state index contributed by atoms with van der Waals surface area (Å²) in [7, 11) is -4.15. The van der Waals surface area contributed by atoms with Gasteiger partial charge in [0, 0.05) is 30.8 Å². The second-order valence-electron chi connectivity index (χ2n) is 8.12. The Labute approximate surface area is 185 Å². The molecule has 2 aliphatic rings. The molecule has 0 atom stereocenters. The number of Topliss-reactive ketones (excluding diaryl/α,β-unsaturated/α-hetero) is 2. The first-order chi connectivity index (χ1) is 14.9. The maximum atomic E-state index is 13.4. The van der Waals surface area contributed by atoms with Crippen molar-refractivity contribution in [1.82, 2.24) is 9.62 Å². The van der Waals surface area contributed by atoms with Gasteiger partial charge >= 0.3 is 0 Å². The average Bonchev–Trinajstić information content (AvgIpc) is 2.76. The van der Waals surface area contributed by atoms with Gasteiger partial charge in [-0.15, -0.1) is 0 Å². The van der Waals surface area contributed by atoms with Gasteiger partial charge in [0.1, 0.15) is 5.70 Å². The molecule has 7 heteroatoms. The van der Waals surface area contributed by atoms with Gasteiger partial charge in [0.15, 0.2) is 4.91 Å². The Morgan fingerprint density at radius 3 is 2.19 bits per heavy atom. The number of rotatable bonds is 10. The van der Waals surface area contributed by atoms with Gasteiger partial charge in [-0.25, -0.2) is 13.1 Å². The molecule has 31 heavy (non-hydrogen) atoms. The Morgan fingerprint density at radius 2 is 1.61 bits per heavy atom. The van der Waals surface area contributed by atoms with Crippen LogP contribution in [0.5, 0.6) is 0 Å². The monoisotopic (exact) mass is 444 g/mol. The second kappa shape index (κ2) is 10.4. The molecule has 0 heterocycles. The molecule has 0 bridgehead atoms. The SMILES string of the molecule is CCCN(CCC)C1=C(S(=O)(=O)NCCC2=CCCCC2)C(=O)c2ccccc2C1=O. The first kappa shape index (κ1) is 23.4. The summed E-state index contributed by atoms with van der Waals surface area (Å²) in [6.45, 7) is 5.18. The molecule has 0 amide bonds. The Bertz CT molecular complexity index is 1000. The molecule has 0 fully saturated rings. The summed E-state index contributed by atoms with van der Waals surface area (Å²) in [5.74, 6) is -1.00. The van der Waals surface area contributed by atoms with Crippen molar-refractivity contribution < 1.29 is 18.0 Å². The number of nitrogens with one attached hydrogen (secondary N) is 1. The lowest BCUT2D eigenvalue weighted by Gasteiger charge is -2.31. The summed E-state index contributed by atoms with van der Waals surface area (Å²) in [6.07, 6.45) is 8.59. The first-order valence-corrected chi connectivity index (χ1v) is 12.7. The van der Waals surface area contributed by atoms with E-state index in [1.54, 1.807) is 23.1 Å². The molecule has 0 aromatic heterocycles. The highest BCUT2D eigenvalue weighted by molar-refractivity contribution is 7.94. The molecule has 168 valence electrons. The predicted octanol–water partition coefficient (Wildman–Crippen LogP) is 4.21. The van der Waals surface area contributed by atoms with Crippen molar-refractivity contribution in [3.05, 3.63) is 57.6 Å². The van der Waals surface area contributed by atoms with E-state index in [0.29, 0.717) is 19.5 Å². The average molecular weight is 445 g/mol. The van der Waals surface area contributed by atoms with E-state index in [-0.39, 0.29) is 23.4 Å². The lowest BCUT2D eigenvalue weighted by Crippen LogP contribution is -2.40. The van der Waals surface area contributed by atoms with E-state index in [0.717, 1.165) is 32.1 Å². The van der Waals surface area contributed by atoms with Crippen LogP contribution in [0.4, 0.5) is 0 Å². The maximum Gasteiger partial charge on any atom is 0.246 e. The number of allylic oxidation sites excluding steroid dienone is 3. The molecular formula is C24H32N2O4S. The summed E-state index contributed by atoms with van der Waals surface area (Å²) in [5.41, 5.74) is 1.68. The zero-order valence-electron chi connectivity index (χ0n) is 18.4. The van der Waals surface area contributed by atoms with Crippen LogP contribution >= 0.6 is 0 Å². The van der Waals surface area contributed by atoms with Crippen LogP contribution in [0, 0.1) is 0 Å². The topological polar surface area (TPSA) is 83.6 Å². The third-order valence-electron chi connectivity index (χ3n) is 5.75. The van der Waals surface area contributed by atoms with Crippen LogP contribution < -0.4 is 4.72 Å². The Morgan fingerprint density at radius 1 is 0.968 bits per heavy atom. The van der Waals surface area contributed by atoms with Gasteiger partial charge in [-0.2, -0.15) is 0 Å². The zero-order chi connectivity index (χ0) is 22.4. The highest BCUT2D eigenvalue weighted by Gasteiger charge is 2.40. The van der Waals surface area contributed by atoms with Crippen molar-refractivity contribution >= 4 is 21.6 Å². The zero-order valence-corrected chi connectivity index (χ0v) is 19.3. The minimum Gasteiger partial charge on any atom is -0.367 e. The van der Waals surface area contributed by atoms with Crippen molar-refractivity contribution in [2.45, 2.75) is 58.8 Å². The molecule has 0 saturated carbocycles. The summed E-state index contributed by atoms with van der Waals surface area (Å²) < 4.78 is 29.3. The van der Waals surface area contributed by atoms with Gasteiger partial charge < -0.3 is 4.90 Å². The minimum absolute atomic E-state index is 0.0109. The lowest BCUT2D eigenvalue weighted by atomic mass is 9.91. The van der Waals surface area contributed by atoms with Crippen LogP contribution in [0.15, 0.2) is 46.5 Å². The molecular weight excluding hydrogens is 412 g/mol. The summed E-state index contributed by atoms with van der Waals surface area (Å²) in [4.78, 5) is 28.1. The standard InChI is InChI=1S/C24H32N2O4S/c1-3-16-26(17-4-2)21-22(27)19-12-8-9-13-20(19)23(28)24(21)31(29,30)25-15-14-18-10-6-5-7-11-18/h8-10,12-13,25H,3-7,11,14-17H2,1-2H3. The second-order valence-corrected chi connectivity index (χ2v) is 9.83. The summed E-state index contributed by atoms with van der Waals surface area (Å²) in [6, 6.07) is 6.47. The Hall–Kier alpha value is -2.25. The fraction of sp³-hybridized carbons (Fsp3) is 0.500. The number of carbonyl (C=O) groups excluding carboxylic acids is 2. The Kier molecular flexibility index (Phi) is 7.84. The van der Waals surface area contributed by atoms with Gasteiger partial charge in [0.05, 0.1) is 0 Å². The van der Waals surface area contributed by atoms with E-state index >= 15 is 0 Å². The van der Waals surface area contributed by atoms with E-state index in [9.17, 15) is 18.0 Å². The largest absolute Gasteiger partial charge is 0.367 e. The van der Waals surface area contributed by atoms with E-state index in [4.69, 9.17) is 0 Å². The number of nitrogens with zero attached hydrogens (tertiary/aromatic N) is 1. The molecule has 3 rings (SSSR count). The molecule has 0 aliphatic heterocycles. The van der Waals surface area contributed by atoms with Crippen LogP contribution in [0.3, 0.4) is 0 Å². The van der Waals surface area contributed by atoms with E-state index in [1.807, 2.05) is 13.8 Å². The number of ketones is 2. The fourth-order valence-corrected chi connectivity index (χ4v) is 5.65. The van der Waals surface area contributed by atoms with Crippen molar-refractivity contribution in [2.75, 3.05) is 19.6 Å². The predicted molar refractivity (Wildman–Crippen MR) is 122 cm³/mol. The third kappa shape index (κ3) is 5.15. The van der Waals surface area contributed by atoms with Gasteiger partial charge in [0.25, 0.3) is 0 Å². The maximum absolute atomic E-state index is 13.4.